The first-order chi connectivity index (χ1) is 13.1. The minimum absolute atomic E-state index is 0.000717. The van der Waals surface area contributed by atoms with Gasteiger partial charge in [0.25, 0.3) is 5.91 Å². The van der Waals surface area contributed by atoms with Gasteiger partial charge in [-0.15, -0.1) is 0 Å². The summed E-state index contributed by atoms with van der Waals surface area (Å²) >= 11 is 6.14. The largest absolute Gasteiger partial charge is 0.329 e. The molecule has 140 valence electrons. The highest BCUT2D eigenvalue weighted by molar-refractivity contribution is 6.30. The van der Waals surface area contributed by atoms with E-state index in [2.05, 4.69) is 5.32 Å². The molecule has 2 amide bonds. The fraction of sp³-hybridized carbons (Fsp3) is 0.333. The molecule has 0 bridgehead atoms. The molecule has 0 aromatic heterocycles. The van der Waals surface area contributed by atoms with Crippen LogP contribution in [-0.4, -0.2) is 42.9 Å². The molecule has 6 heteroatoms. The minimum atomic E-state index is -0.0511. The summed E-state index contributed by atoms with van der Waals surface area (Å²) in [6.45, 7) is 2.86. The van der Waals surface area contributed by atoms with Crippen LogP contribution in [0.1, 0.15) is 34.8 Å². The van der Waals surface area contributed by atoms with Crippen LogP contribution in [0.4, 0.5) is 5.69 Å². The van der Waals surface area contributed by atoms with E-state index in [-0.39, 0.29) is 17.9 Å². The van der Waals surface area contributed by atoms with Crippen molar-refractivity contribution >= 4 is 29.1 Å². The normalized spacial score (nSPS) is 20.2. The maximum Gasteiger partial charge on any atom is 0.254 e. The molecule has 2 aromatic carbocycles. The summed E-state index contributed by atoms with van der Waals surface area (Å²) in [5, 5.41) is 4.03. The van der Waals surface area contributed by atoms with Gasteiger partial charge in [0.2, 0.25) is 5.91 Å². The number of piperazine rings is 1. The van der Waals surface area contributed by atoms with Crippen LogP contribution in [-0.2, 0) is 4.79 Å². The van der Waals surface area contributed by atoms with E-state index < -0.39 is 0 Å². The summed E-state index contributed by atoms with van der Waals surface area (Å²) in [6.07, 6.45) is 1.49. The van der Waals surface area contributed by atoms with E-state index >= 15 is 0 Å². The SMILES string of the molecule is O=C1CCCN1c1ccc(C(=O)N2CCNCC2c2cccc(Cl)c2)cc1. The van der Waals surface area contributed by atoms with Gasteiger partial charge in [0.15, 0.2) is 0 Å². The molecule has 0 aliphatic carbocycles. The van der Waals surface area contributed by atoms with Gasteiger partial charge in [-0.3, -0.25) is 9.59 Å². The Morgan fingerprint density at radius 2 is 1.93 bits per heavy atom. The van der Waals surface area contributed by atoms with Crippen LogP contribution in [0.25, 0.3) is 0 Å². The zero-order valence-corrected chi connectivity index (χ0v) is 15.8. The Bertz CT molecular complexity index is 853. The molecule has 0 saturated carbocycles. The molecule has 27 heavy (non-hydrogen) atoms. The number of hydrogen-bond donors (Lipinski definition) is 1. The second-order valence-electron chi connectivity index (χ2n) is 6.97. The van der Waals surface area contributed by atoms with Gasteiger partial charge in [-0.1, -0.05) is 23.7 Å². The lowest BCUT2D eigenvalue weighted by Crippen LogP contribution is -2.48. The Hall–Kier alpha value is -2.37. The van der Waals surface area contributed by atoms with Gasteiger partial charge in [0, 0.05) is 48.9 Å². The Morgan fingerprint density at radius 1 is 1.11 bits per heavy atom. The maximum atomic E-state index is 13.1. The van der Waals surface area contributed by atoms with Gasteiger partial charge >= 0.3 is 0 Å². The predicted molar refractivity (Wildman–Crippen MR) is 106 cm³/mol. The molecule has 1 atom stereocenters. The van der Waals surface area contributed by atoms with E-state index in [1.54, 1.807) is 4.90 Å². The van der Waals surface area contributed by atoms with Crippen molar-refractivity contribution in [1.82, 2.24) is 10.2 Å². The van der Waals surface area contributed by atoms with Crippen molar-refractivity contribution < 1.29 is 9.59 Å². The van der Waals surface area contributed by atoms with Crippen molar-refractivity contribution in [2.45, 2.75) is 18.9 Å². The van der Waals surface area contributed by atoms with Crippen LogP contribution >= 0.6 is 11.6 Å². The van der Waals surface area contributed by atoms with Crippen LogP contribution in [0.2, 0.25) is 5.02 Å². The lowest BCUT2D eigenvalue weighted by molar-refractivity contribution is -0.117. The van der Waals surface area contributed by atoms with Crippen molar-refractivity contribution in [3.05, 3.63) is 64.7 Å². The number of hydrogen-bond acceptors (Lipinski definition) is 3. The molecular weight excluding hydrogens is 362 g/mol. The fourth-order valence-corrected chi connectivity index (χ4v) is 4.03. The van der Waals surface area contributed by atoms with Crippen molar-refractivity contribution in [3.8, 4) is 0 Å². The van der Waals surface area contributed by atoms with Crippen molar-refractivity contribution in [3.63, 3.8) is 0 Å². The second kappa shape index (κ2) is 7.71. The molecule has 2 aliphatic rings. The highest BCUT2D eigenvalue weighted by Gasteiger charge is 2.29. The number of carbonyl (C=O) groups is 2. The lowest BCUT2D eigenvalue weighted by atomic mass is 10.0. The highest BCUT2D eigenvalue weighted by atomic mass is 35.5. The molecule has 1 N–H and O–H groups in total. The highest BCUT2D eigenvalue weighted by Crippen LogP contribution is 2.27. The maximum absolute atomic E-state index is 13.1. The minimum Gasteiger partial charge on any atom is -0.329 e. The van der Waals surface area contributed by atoms with E-state index in [1.165, 1.54) is 0 Å². The fourth-order valence-electron chi connectivity index (χ4n) is 3.83. The number of carbonyl (C=O) groups excluding carboxylic acids is 2. The van der Waals surface area contributed by atoms with Crippen molar-refractivity contribution in [2.24, 2.45) is 0 Å². The van der Waals surface area contributed by atoms with E-state index in [9.17, 15) is 9.59 Å². The number of amides is 2. The van der Waals surface area contributed by atoms with Gasteiger partial charge in [-0.05, 0) is 48.4 Å². The van der Waals surface area contributed by atoms with Crippen LogP contribution in [0.3, 0.4) is 0 Å². The topological polar surface area (TPSA) is 52.7 Å². The average Bonchev–Trinajstić information content (AvgIpc) is 3.13. The first kappa shape index (κ1) is 18.0. The quantitative estimate of drug-likeness (QED) is 0.885. The molecule has 2 fully saturated rings. The first-order valence-electron chi connectivity index (χ1n) is 9.31. The molecule has 2 aliphatic heterocycles. The second-order valence-corrected chi connectivity index (χ2v) is 7.41. The van der Waals surface area contributed by atoms with Crippen LogP contribution < -0.4 is 10.2 Å². The summed E-state index contributed by atoms with van der Waals surface area (Å²) < 4.78 is 0. The third kappa shape index (κ3) is 3.70. The van der Waals surface area contributed by atoms with Crippen LogP contribution in [0.5, 0.6) is 0 Å². The summed E-state index contributed by atoms with van der Waals surface area (Å²) in [6, 6.07) is 15.0. The Balaban J connectivity index is 1.56. The summed E-state index contributed by atoms with van der Waals surface area (Å²) in [7, 11) is 0. The number of halogens is 1. The van der Waals surface area contributed by atoms with Crippen LogP contribution in [0, 0.1) is 0 Å². The summed E-state index contributed by atoms with van der Waals surface area (Å²) in [5.74, 6) is 0.151. The molecule has 4 rings (SSSR count). The van der Waals surface area contributed by atoms with Gasteiger partial charge < -0.3 is 15.1 Å². The van der Waals surface area contributed by atoms with E-state index in [4.69, 9.17) is 11.6 Å². The monoisotopic (exact) mass is 383 g/mol. The molecular formula is C21H22ClN3O2. The zero-order valence-electron chi connectivity index (χ0n) is 15.0. The number of rotatable bonds is 3. The zero-order chi connectivity index (χ0) is 18.8. The average molecular weight is 384 g/mol. The Morgan fingerprint density at radius 3 is 2.63 bits per heavy atom. The smallest absolute Gasteiger partial charge is 0.254 e. The molecule has 1 unspecified atom stereocenters. The Labute approximate surface area is 163 Å². The molecule has 2 heterocycles. The summed E-state index contributed by atoms with van der Waals surface area (Å²) in [5.41, 5.74) is 2.53. The van der Waals surface area contributed by atoms with E-state index in [0.717, 1.165) is 30.8 Å². The molecule has 0 spiro atoms. The Kier molecular flexibility index (Phi) is 5.14. The molecule has 0 radical (unpaired) electrons. The van der Waals surface area contributed by atoms with Crippen molar-refractivity contribution in [1.29, 1.82) is 0 Å². The van der Waals surface area contributed by atoms with Gasteiger partial charge in [-0.25, -0.2) is 0 Å². The van der Waals surface area contributed by atoms with Gasteiger partial charge in [0.1, 0.15) is 0 Å². The number of anilines is 1. The molecule has 2 aromatic rings. The summed E-state index contributed by atoms with van der Waals surface area (Å²) in [4.78, 5) is 28.7. The van der Waals surface area contributed by atoms with Crippen LogP contribution in [0.15, 0.2) is 48.5 Å². The van der Waals surface area contributed by atoms with E-state index in [0.29, 0.717) is 30.1 Å². The number of nitrogens with zero attached hydrogens (tertiary/aromatic N) is 2. The van der Waals surface area contributed by atoms with Gasteiger partial charge in [-0.2, -0.15) is 0 Å². The third-order valence-electron chi connectivity index (χ3n) is 5.24. The number of nitrogens with one attached hydrogen (secondary N) is 1. The van der Waals surface area contributed by atoms with Crippen molar-refractivity contribution in [2.75, 3.05) is 31.1 Å². The standard InChI is InChI=1S/C21H22ClN3O2/c22-17-4-1-3-16(13-17)19-14-23-10-12-25(19)21(27)15-6-8-18(9-7-15)24-11-2-5-20(24)26/h1,3-4,6-9,13,19,23H,2,5,10-12,14H2. The first-order valence-corrected chi connectivity index (χ1v) is 9.69. The predicted octanol–water partition coefficient (Wildman–Crippen LogP) is 3.25. The number of benzene rings is 2. The molecule has 5 nitrogen and oxygen atoms in total. The lowest BCUT2D eigenvalue weighted by Gasteiger charge is -2.36. The van der Waals surface area contributed by atoms with Gasteiger partial charge in [0.05, 0.1) is 6.04 Å². The third-order valence-corrected chi connectivity index (χ3v) is 5.47. The molecule has 2 saturated heterocycles. The van der Waals surface area contributed by atoms with E-state index in [1.807, 2.05) is 53.4 Å².